The first-order valence-electron chi connectivity index (χ1n) is 8.28. The topological polar surface area (TPSA) is 35.8 Å². The molecule has 0 N–H and O–H groups in total. The van der Waals surface area contributed by atoms with Gasteiger partial charge in [0.05, 0.1) is 12.8 Å². The van der Waals surface area contributed by atoms with Crippen LogP contribution in [-0.4, -0.2) is 17.9 Å². The van der Waals surface area contributed by atoms with E-state index in [4.69, 9.17) is 9.47 Å². The quantitative estimate of drug-likeness (QED) is 0.548. The van der Waals surface area contributed by atoms with Crippen molar-refractivity contribution in [1.29, 1.82) is 0 Å². The first-order valence-corrected chi connectivity index (χ1v) is 8.28. The molecule has 0 aliphatic rings. The highest BCUT2D eigenvalue weighted by molar-refractivity contribution is 5.81. The number of ether oxygens (including phenoxy) is 2. The van der Waals surface area contributed by atoms with Crippen molar-refractivity contribution < 1.29 is 9.47 Å². The van der Waals surface area contributed by atoms with Gasteiger partial charge in [-0.05, 0) is 56.3 Å². The second kappa shape index (κ2) is 7.71. The van der Waals surface area contributed by atoms with Crippen LogP contribution in [0.25, 0.3) is 0 Å². The molecule has 4 heteroatoms. The van der Waals surface area contributed by atoms with Crippen LogP contribution in [0.1, 0.15) is 25.5 Å². The molecule has 3 aromatic rings. The van der Waals surface area contributed by atoms with E-state index in [-0.39, 0.29) is 0 Å². The Morgan fingerprint density at radius 3 is 2.32 bits per heavy atom. The summed E-state index contributed by atoms with van der Waals surface area (Å²) in [6.45, 7) is 4.31. The Morgan fingerprint density at radius 1 is 0.960 bits per heavy atom. The number of aliphatic imine (C=N–C) groups is 1. The summed E-state index contributed by atoms with van der Waals surface area (Å²) in [5.41, 5.74) is 1.97. The van der Waals surface area contributed by atoms with Gasteiger partial charge in [0, 0.05) is 30.2 Å². The Kier molecular flexibility index (Phi) is 5.19. The molecule has 0 bridgehead atoms. The van der Waals surface area contributed by atoms with Gasteiger partial charge in [-0.2, -0.15) is 0 Å². The van der Waals surface area contributed by atoms with E-state index in [1.165, 1.54) is 0 Å². The second-order valence-electron chi connectivity index (χ2n) is 5.99. The Morgan fingerprint density at radius 2 is 1.68 bits per heavy atom. The molecular formula is C21H22N2O2. The van der Waals surface area contributed by atoms with Crippen LogP contribution >= 0.6 is 0 Å². The Labute approximate surface area is 148 Å². The lowest BCUT2D eigenvalue weighted by Gasteiger charge is -2.09. The molecule has 0 radical (unpaired) electrons. The summed E-state index contributed by atoms with van der Waals surface area (Å²) >= 11 is 0. The SMILES string of the molecule is COc1ccccc1Oc1ccc(N=Cc2ccn(C(C)C)c2)cc1. The van der Waals surface area contributed by atoms with Crippen molar-refractivity contribution in [2.75, 3.05) is 7.11 Å². The van der Waals surface area contributed by atoms with Crippen molar-refractivity contribution in [3.05, 3.63) is 72.6 Å². The molecule has 0 aliphatic carbocycles. The van der Waals surface area contributed by atoms with E-state index in [9.17, 15) is 0 Å². The summed E-state index contributed by atoms with van der Waals surface area (Å²) in [5, 5.41) is 0. The zero-order valence-corrected chi connectivity index (χ0v) is 14.7. The van der Waals surface area contributed by atoms with Gasteiger partial charge in [0.2, 0.25) is 0 Å². The number of hydrogen-bond donors (Lipinski definition) is 0. The van der Waals surface area contributed by atoms with Crippen LogP contribution in [0.5, 0.6) is 17.2 Å². The zero-order valence-electron chi connectivity index (χ0n) is 14.7. The van der Waals surface area contributed by atoms with Crippen LogP contribution in [0.2, 0.25) is 0 Å². The summed E-state index contributed by atoms with van der Waals surface area (Å²) < 4.78 is 13.3. The van der Waals surface area contributed by atoms with Gasteiger partial charge in [0.1, 0.15) is 5.75 Å². The van der Waals surface area contributed by atoms with Crippen LogP contribution < -0.4 is 9.47 Å². The van der Waals surface area contributed by atoms with E-state index in [0.717, 1.165) is 17.0 Å². The molecule has 1 heterocycles. The lowest BCUT2D eigenvalue weighted by molar-refractivity contribution is 0.379. The third-order valence-corrected chi connectivity index (χ3v) is 3.83. The standard InChI is InChI=1S/C21H22N2O2/c1-16(2)23-13-12-17(15-23)14-22-18-8-10-19(11-9-18)25-21-7-5-4-6-20(21)24-3/h4-16H,1-3H3. The average Bonchev–Trinajstić information content (AvgIpc) is 3.11. The summed E-state index contributed by atoms with van der Waals surface area (Å²) in [6.07, 6.45) is 6.03. The zero-order chi connectivity index (χ0) is 17.6. The fraction of sp³-hybridized carbons (Fsp3) is 0.190. The lowest BCUT2D eigenvalue weighted by Crippen LogP contribution is -1.95. The predicted molar refractivity (Wildman–Crippen MR) is 102 cm³/mol. The lowest BCUT2D eigenvalue weighted by atomic mass is 10.3. The van der Waals surface area contributed by atoms with E-state index in [1.807, 2.05) is 54.7 Å². The van der Waals surface area contributed by atoms with Crippen molar-refractivity contribution in [1.82, 2.24) is 4.57 Å². The minimum absolute atomic E-state index is 0.452. The third kappa shape index (κ3) is 4.29. The van der Waals surface area contributed by atoms with E-state index in [0.29, 0.717) is 17.5 Å². The number of rotatable bonds is 6. The molecule has 0 amide bonds. The number of nitrogens with zero attached hydrogens (tertiary/aromatic N) is 2. The molecule has 0 spiro atoms. The summed E-state index contributed by atoms with van der Waals surface area (Å²) in [6, 6.07) is 17.8. The van der Waals surface area contributed by atoms with Gasteiger partial charge in [-0.1, -0.05) is 12.1 Å². The first-order chi connectivity index (χ1) is 12.2. The van der Waals surface area contributed by atoms with Gasteiger partial charge in [-0.25, -0.2) is 0 Å². The highest BCUT2D eigenvalue weighted by atomic mass is 16.5. The van der Waals surface area contributed by atoms with Gasteiger partial charge in [-0.15, -0.1) is 0 Å². The summed E-state index contributed by atoms with van der Waals surface area (Å²) in [5.74, 6) is 2.14. The maximum absolute atomic E-state index is 5.87. The number of benzene rings is 2. The second-order valence-corrected chi connectivity index (χ2v) is 5.99. The molecule has 0 unspecified atom stereocenters. The highest BCUT2D eigenvalue weighted by Gasteiger charge is 2.04. The molecule has 25 heavy (non-hydrogen) atoms. The summed E-state index contributed by atoms with van der Waals surface area (Å²) in [4.78, 5) is 4.51. The van der Waals surface area contributed by atoms with Crippen molar-refractivity contribution >= 4 is 11.9 Å². The molecule has 1 aromatic heterocycles. The van der Waals surface area contributed by atoms with E-state index in [2.05, 4.69) is 41.9 Å². The molecule has 0 aliphatic heterocycles. The van der Waals surface area contributed by atoms with Gasteiger partial charge in [0.15, 0.2) is 11.5 Å². The van der Waals surface area contributed by atoms with Crippen LogP contribution in [0.4, 0.5) is 5.69 Å². The fourth-order valence-corrected chi connectivity index (χ4v) is 2.41. The Bertz CT molecular complexity index is 848. The molecule has 0 fully saturated rings. The molecule has 3 rings (SSSR count). The molecule has 128 valence electrons. The number of methoxy groups -OCH3 is 1. The number of hydrogen-bond acceptors (Lipinski definition) is 3. The van der Waals surface area contributed by atoms with E-state index in [1.54, 1.807) is 7.11 Å². The Balaban J connectivity index is 1.68. The molecule has 2 aromatic carbocycles. The third-order valence-electron chi connectivity index (χ3n) is 3.83. The van der Waals surface area contributed by atoms with Crippen molar-refractivity contribution in [2.24, 2.45) is 4.99 Å². The number of aromatic nitrogens is 1. The van der Waals surface area contributed by atoms with E-state index < -0.39 is 0 Å². The van der Waals surface area contributed by atoms with Crippen LogP contribution in [0.15, 0.2) is 72.0 Å². The smallest absolute Gasteiger partial charge is 0.169 e. The number of para-hydroxylation sites is 2. The molecule has 0 atom stereocenters. The molecule has 0 saturated carbocycles. The normalized spacial score (nSPS) is 11.2. The monoisotopic (exact) mass is 334 g/mol. The van der Waals surface area contributed by atoms with Gasteiger partial charge in [0.25, 0.3) is 0 Å². The van der Waals surface area contributed by atoms with Gasteiger partial charge >= 0.3 is 0 Å². The largest absolute Gasteiger partial charge is 0.493 e. The van der Waals surface area contributed by atoms with Gasteiger partial charge in [-0.3, -0.25) is 4.99 Å². The van der Waals surface area contributed by atoms with Crippen LogP contribution in [-0.2, 0) is 0 Å². The van der Waals surface area contributed by atoms with Crippen molar-refractivity contribution in [2.45, 2.75) is 19.9 Å². The maximum Gasteiger partial charge on any atom is 0.169 e. The minimum atomic E-state index is 0.452. The fourth-order valence-electron chi connectivity index (χ4n) is 2.41. The van der Waals surface area contributed by atoms with Crippen molar-refractivity contribution in [3.63, 3.8) is 0 Å². The van der Waals surface area contributed by atoms with Gasteiger partial charge < -0.3 is 14.0 Å². The molecular weight excluding hydrogens is 312 g/mol. The minimum Gasteiger partial charge on any atom is -0.493 e. The molecule has 0 saturated heterocycles. The highest BCUT2D eigenvalue weighted by Crippen LogP contribution is 2.31. The Hall–Kier alpha value is -3.01. The van der Waals surface area contributed by atoms with Crippen LogP contribution in [0, 0.1) is 0 Å². The van der Waals surface area contributed by atoms with Crippen LogP contribution in [0.3, 0.4) is 0 Å². The first kappa shape index (κ1) is 16.8. The van der Waals surface area contributed by atoms with E-state index >= 15 is 0 Å². The van der Waals surface area contributed by atoms with Crippen molar-refractivity contribution in [3.8, 4) is 17.2 Å². The molecule has 4 nitrogen and oxygen atoms in total. The maximum atomic E-state index is 5.87. The average molecular weight is 334 g/mol. The predicted octanol–water partition coefficient (Wildman–Crippen LogP) is 5.62. The summed E-state index contributed by atoms with van der Waals surface area (Å²) in [7, 11) is 1.63.